The molecule has 4 rings (SSSR count). The van der Waals surface area contributed by atoms with Gasteiger partial charge in [-0.05, 0) is 55.7 Å². The maximum absolute atomic E-state index is 13.4. The van der Waals surface area contributed by atoms with Crippen molar-refractivity contribution in [2.45, 2.75) is 25.7 Å². The van der Waals surface area contributed by atoms with E-state index in [1.54, 1.807) is 12.1 Å². The Balaban J connectivity index is 1.47. The van der Waals surface area contributed by atoms with E-state index in [9.17, 15) is 9.18 Å². The van der Waals surface area contributed by atoms with Gasteiger partial charge in [0.05, 0.1) is 0 Å². The van der Waals surface area contributed by atoms with Crippen molar-refractivity contribution in [3.63, 3.8) is 0 Å². The van der Waals surface area contributed by atoms with Gasteiger partial charge in [0.25, 0.3) is 5.91 Å². The van der Waals surface area contributed by atoms with Gasteiger partial charge in [0.15, 0.2) is 0 Å². The van der Waals surface area contributed by atoms with Crippen molar-refractivity contribution >= 4 is 16.8 Å². The first-order valence-corrected chi connectivity index (χ1v) is 8.75. The highest BCUT2D eigenvalue weighted by molar-refractivity contribution is 5.95. The summed E-state index contributed by atoms with van der Waals surface area (Å²) in [5.41, 5.74) is 3.92. The molecule has 1 amide bonds. The number of benzene rings is 2. The molecule has 1 aliphatic heterocycles. The summed E-state index contributed by atoms with van der Waals surface area (Å²) in [5.74, 6) is 0.295. The number of carbonyl (C=O) groups excluding carboxylic acids is 1. The third kappa shape index (κ3) is 3.04. The van der Waals surface area contributed by atoms with Crippen molar-refractivity contribution in [3.05, 3.63) is 71.2 Å². The van der Waals surface area contributed by atoms with Crippen LogP contribution in [0.4, 0.5) is 4.39 Å². The van der Waals surface area contributed by atoms with E-state index in [-0.39, 0.29) is 11.7 Å². The van der Waals surface area contributed by atoms with Gasteiger partial charge in [0.2, 0.25) is 0 Å². The number of piperidine rings is 1. The summed E-state index contributed by atoms with van der Waals surface area (Å²) >= 11 is 0. The minimum atomic E-state index is -0.211. The lowest BCUT2D eigenvalue weighted by molar-refractivity contribution is 0.0711. The molecule has 128 valence electrons. The summed E-state index contributed by atoms with van der Waals surface area (Å²) in [6, 6.07) is 14.6. The number of aryl methyl sites for hydroxylation is 1. The second-order valence-electron chi connectivity index (χ2n) is 6.84. The average molecular weight is 336 g/mol. The number of hydrogen-bond acceptors (Lipinski definition) is 1. The number of nitrogens with zero attached hydrogens (tertiary/aromatic N) is 1. The fourth-order valence-electron chi connectivity index (χ4n) is 3.72. The molecule has 1 saturated heterocycles. The smallest absolute Gasteiger partial charge is 0.254 e. The van der Waals surface area contributed by atoms with Gasteiger partial charge in [-0.15, -0.1) is 0 Å². The molecule has 1 fully saturated rings. The van der Waals surface area contributed by atoms with Gasteiger partial charge >= 0.3 is 0 Å². The summed E-state index contributed by atoms with van der Waals surface area (Å²) in [4.78, 5) is 18.1. The van der Waals surface area contributed by atoms with E-state index >= 15 is 0 Å². The highest BCUT2D eigenvalue weighted by atomic mass is 19.1. The maximum Gasteiger partial charge on any atom is 0.254 e. The largest absolute Gasteiger partial charge is 0.358 e. The lowest BCUT2D eigenvalue weighted by Gasteiger charge is -2.32. The fourth-order valence-corrected chi connectivity index (χ4v) is 3.72. The van der Waals surface area contributed by atoms with Crippen LogP contribution >= 0.6 is 0 Å². The van der Waals surface area contributed by atoms with E-state index < -0.39 is 0 Å². The third-order valence-corrected chi connectivity index (χ3v) is 5.20. The molecule has 0 saturated carbocycles. The van der Waals surface area contributed by atoms with Crippen LogP contribution in [-0.4, -0.2) is 28.9 Å². The van der Waals surface area contributed by atoms with Crippen LogP contribution in [0, 0.1) is 12.7 Å². The van der Waals surface area contributed by atoms with Gasteiger partial charge in [0, 0.05) is 41.2 Å². The van der Waals surface area contributed by atoms with Gasteiger partial charge in [-0.25, -0.2) is 4.39 Å². The molecule has 3 aromatic rings. The zero-order chi connectivity index (χ0) is 17.4. The minimum absolute atomic E-state index is 0.121. The Labute approximate surface area is 146 Å². The van der Waals surface area contributed by atoms with Crippen LogP contribution in [0.15, 0.2) is 48.5 Å². The molecule has 2 aromatic carbocycles. The number of H-pyrrole nitrogens is 1. The van der Waals surface area contributed by atoms with Crippen molar-refractivity contribution in [2.24, 2.45) is 0 Å². The fraction of sp³-hybridized carbons (Fsp3) is 0.286. The number of nitrogens with one attached hydrogen (secondary N) is 1. The summed E-state index contributed by atoms with van der Waals surface area (Å²) < 4.78 is 13.4. The summed E-state index contributed by atoms with van der Waals surface area (Å²) in [5, 5.41) is 0.911. The van der Waals surface area contributed by atoms with E-state index in [0.717, 1.165) is 53.7 Å². The number of aromatic nitrogens is 1. The number of carbonyl (C=O) groups is 1. The second-order valence-corrected chi connectivity index (χ2v) is 6.84. The van der Waals surface area contributed by atoms with E-state index in [1.165, 1.54) is 6.07 Å². The molecule has 2 heterocycles. The normalized spacial score (nSPS) is 15.7. The Hall–Kier alpha value is -2.62. The molecule has 4 heteroatoms. The van der Waals surface area contributed by atoms with Gasteiger partial charge in [-0.1, -0.05) is 18.2 Å². The van der Waals surface area contributed by atoms with Crippen LogP contribution in [0.3, 0.4) is 0 Å². The zero-order valence-corrected chi connectivity index (χ0v) is 14.3. The van der Waals surface area contributed by atoms with Crippen molar-refractivity contribution in [1.29, 1.82) is 0 Å². The molecule has 0 unspecified atom stereocenters. The van der Waals surface area contributed by atoms with Crippen molar-refractivity contribution in [1.82, 2.24) is 9.88 Å². The van der Waals surface area contributed by atoms with E-state index in [1.807, 2.05) is 42.2 Å². The van der Waals surface area contributed by atoms with Crippen molar-refractivity contribution in [3.8, 4) is 0 Å². The van der Waals surface area contributed by atoms with Gasteiger partial charge in [0.1, 0.15) is 5.82 Å². The number of amides is 1. The topological polar surface area (TPSA) is 36.1 Å². The van der Waals surface area contributed by atoms with Crippen LogP contribution in [0.5, 0.6) is 0 Å². The van der Waals surface area contributed by atoms with Gasteiger partial charge in [-0.3, -0.25) is 4.79 Å². The third-order valence-electron chi connectivity index (χ3n) is 5.20. The molecular formula is C21H21FN2O. The Morgan fingerprint density at radius 1 is 1.12 bits per heavy atom. The van der Waals surface area contributed by atoms with E-state index in [0.29, 0.717) is 5.92 Å². The van der Waals surface area contributed by atoms with Crippen LogP contribution < -0.4 is 0 Å². The zero-order valence-electron chi connectivity index (χ0n) is 14.3. The number of halogens is 1. The molecule has 0 bridgehead atoms. The molecule has 0 aliphatic carbocycles. The van der Waals surface area contributed by atoms with Crippen LogP contribution in [-0.2, 0) is 0 Å². The lowest BCUT2D eigenvalue weighted by Crippen LogP contribution is -2.38. The molecule has 0 atom stereocenters. The van der Waals surface area contributed by atoms with Crippen molar-refractivity contribution in [2.75, 3.05) is 13.1 Å². The summed E-state index contributed by atoms with van der Waals surface area (Å²) in [7, 11) is 0. The summed E-state index contributed by atoms with van der Waals surface area (Å²) in [6.07, 6.45) is 1.85. The SMILES string of the molecule is Cc1ccccc1C(=O)N1CCC(c2cc3cc(F)ccc3[nH]2)CC1. The highest BCUT2D eigenvalue weighted by Gasteiger charge is 2.26. The monoisotopic (exact) mass is 336 g/mol. The minimum Gasteiger partial charge on any atom is -0.358 e. The highest BCUT2D eigenvalue weighted by Crippen LogP contribution is 2.30. The Morgan fingerprint density at radius 2 is 1.88 bits per heavy atom. The van der Waals surface area contributed by atoms with Crippen LogP contribution in [0.25, 0.3) is 10.9 Å². The molecule has 0 spiro atoms. The molecule has 3 nitrogen and oxygen atoms in total. The standard InChI is InChI=1S/C21H21FN2O/c1-14-4-2-3-5-18(14)21(25)24-10-8-15(9-11-24)20-13-16-12-17(22)6-7-19(16)23-20/h2-7,12-13,15,23H,8-11H2,1H3. The Bertz CT molecular complexity index is 923. The lowest BCUT2D eigenvalue weighted by atomic mass is 9.93. The van der Waals surface area contributed by atoms with Gasteiger partial charge in [-0.2, -0.15) is 0 Å². The first-order chi connectivity index (χ1) is 12.1. The number of rotatable bonds is 2. The summed E-state index contributed by atoms with van der Waals surface area (Å²) in [6.45, 7) is 3.48. The predicted octanol–water partition coefficient (Wildman–Crippen LogP) is 4.64. The van der Waals surface area contributed by atoms with E-state index in [2.05, 4.69) is 4.98 Å². The maximum atomic E-state index is 13.4. The molecular weight excluding hydrogens is 315 g/mol. The Morgan fingerprint density at radius 3 is 2.64 bits per heavy atom. The first-order valence-electron chi connectivity index (χ1n) is 8.75. The van der Waals surface area contributed by atoms with E-state index in [4.69, 9.17) is 0 Å². The second kappa shape index (κ2) is 6.36. The predicted molar refractivity (Wildman–Crippen MR) is 97.3 cm³/mol. The number of aromatic amines is 1. The molecule has 25 heavy (non-hydrogen) atoms. The molecule has 1 N–H and O–H groups in total. The van der Waals surface area contributed by atoms with Crippen LogP contribution in [0.1, 0.15) is 40.4 Å². The molecule has 1 aliphatic rings. The Kier molecular flexibility index (Phi) is 4.04. The number of hydrogen-bond donors (Lipinski definition) is 1. The number of likely N-dealkylation sites (tertiary alicyclic amines) is 1. The van der Waals surface area contributed by atoms with Gasteiger partial charge < -0.3 is 9.88 Å². The van der Waals surface area contributed by atoms with Crippen LogP contribution in [0.2, 0.25) is 0 Å². The quantitative estimate of drug-likeness (QED) is 0.727. The molecule has 0 radical (unpaired) electrons. The first kappa shape index (κ1) is 15.9. The van der Waals surface area contributed by atoms with Crippen molar-refractivity contribution < 1.29 is 9.18 Å². The number of fused-ring (bicyclic) bond motifs is 1. The average Bonchev–Trinajstić information content (AvgIpc) is 3.05. The molecule has 1 aromatic heterocycles.